The highest BCUT2D eigenvalue weighted by atomic mass is 32.2. The van der Waals surface area contributed by atoms with Gasteiger partial charge < -0.3 is 30.1 Å². The standard InChI is InChI=1S/C30H38N6O6S/c1-19-26(32-17-22(29(37)38)18-43(39,40)24-9-7-23(41-2)8-10-24)34-30(42-3)35-28(19)36-15-12-20(13-16-36)25-11-6-21-5-4-14-31-27(21)33-25/h6-11,20,22H,4-5,12-18H2,1-3H3,(H,31,33)(H,37,38)(H,32,34,35)/t22-/m1/s1. The van der Waals surface area contributed by atoms with Crippen LogP contribution in [0.2, 0.25) is 0 Å². The first kappa shape index (κ1) is 30.3. The van der Waals surface area contributed by atoms with E-state index in [2.05, 4.69) is 37.6 Å². The first-order chi connectivity index (χ1) is 20.7. The average molecular weight is 611 g/mol. The van der Waals surface area contributed by atoms with Crippen molar-refractivity contribution >= 4 is 33.3 Å². The summed E-state index contributed by atoms with van der Waals surface area (Å²) in [6, 6.07) is 10.4. The fourth-order valence-electron chi connectivity index (χ4n) is 5.60. The number of rotatable bonds is 11. The Balaban J connectivity index is 1.27. The van der Waals surface area contributed by atoms with Crippen molar-refractivity contribution in [2.75, 3.05) is 61.7 Å². The van der Waals surface area contributed by atoms with Crippen LogP contribution in [-0.2, 0) is 21.1 Å². The van der Waals surface area contributed by atoms with Crippen molar-refractivity contribution in [3.63, 3.8) is 0 Å². The summed E-state index contributed by atoms with van der Waals surface area (Å²) >= 11 is 0. The molecule has 0 amide bonds. The molecule has 1 atom stereocenters. The molecule has 230 valence electrons. The molecule has 0 spiro atoms. The zero-order valence-electron chi connectivity index (χ0n) is 24.7. The van der Waals surface area contributed by atoms with E-state index in [-0.39, 0.29) is 17.5 Å². The predicted molar refractivity (Wildman–Crippen MR) is 163 cm³/mol. The molecule has 2 aliphatic heterocycles. The number of fused-ring (bicyclic) bond motifs is 1. The number of nitrogens with zero attached hydrogens (tertiary/aromatic N) is 4. The van der Waals surface area contributed by atoms with E-state index in [1.54, 1.807) is 0 Å². The Kier molecular flexibility index (Phi) is 9.19. The number of sulfone groups is 1. The summed E-state index contributed by atoms with van der Waals surface area (Å²) in [5.41, 5.74) is 3.12. The largest absolute Gasteiger partial charge is 0.497 e. The molecule has 3 N–H and O–H groups in total. The van der Waals surface area contributed by atoms with Gasteiger partial charge in [0.2, 0.25) is 0 Å². The number of methoxy groups -OCH3 is 2. The van der Waals surface area contributed by atoms with Gasteiger partial charge in [0, 0.05) is 43.4 Å². The Hall–Kier alpha value is -4.13. The number of piperidine rings is 1. The number of anilines is 3. The van der Waals surface area contributed by atoms with Gasteiger partial charge in [-0.3, -0.25) is 4.79 Å². The maximum atomic E-state index is 13.0. The van der Waals surface area contributed by atoms with Crippen molar-refractivity contribution in [3.8, 4) is 11.8 Å². The van der Waals surface area contributed by atoms with E-state index in [9.17, 15) is 18.3 Å². The number of aliphatic carboxylic acids is 1. The zero-order valence-corrected chi connectivity index (χ0v) is 25.5. The molecule has 12 nitrogen and oxygen atoms in total. The Morgan fingerprint density at radius 2 is 1.84 bits per heavy atom. The van der Waals surface area contributed by atoms with Gasteiger partial charge in [0.15, 0.2) is 9.84 Å². The molecule has 0 unspecified atom stereocenters. The first-order valence-electron chi connectivity index (χ1n) is 14.4. The number of benzene rings is 1. The number of hydrogen-bond donors (Lipinski definition) is 3. The van der Waals surface area contributed by atoms with Gasteiger partial charge in [0.1, 0.15) is 23.2 Å². The number of nitrogens with one attached hydrogen (secondary N) is 2. The molecule has 2 aliphatic rings. The maximum Gasteiger partial charge on any atom is 0.320 e. The SMILES string of the molecule is COc1ccc(S(=O)(=O)C[C@@H](CNc2nc(OC)nc(N3CCC(c4ccc5c(n4)NCCC5)CC3)c2C)C(=O)O)cc1. The monoisotopic (exact) mass is 610 g/mol. The highest BCUT2D eigenvalue weighted by molar-refractivity contribution is 7.91. The van der Waals surface area contributed by atoms with Gasteiger partial charge >= 0.3 is 12.0 Å². The van der Waals surface area contributed by atoms with Gasteiger partial charge in [0.25, 0.3) is 0 Å². The minimum absolute atomic E-state index is 0.0342. The van der Waals surface area contributed by atoms with E-state index in [4.69, 9.17) is 14.5 Å². The highest BCUT2D eigenvalue weighted by Crippen LogP contribution is 2.34. The van der Waals surface area contributed by atoms with Gasteiger partial charge in [-0.2, -0.15) is 9.97 Å². The van der Waals surface area contributed by atoms with E-state index in [0.717, 1.165) is 62.4 Å². The second-order valence-corrected chi connectivity index (χ2v) is 13.0. The number of carboxylic acids is 1. The van der Waals surface area contributed by atoms with Crippen LogP contribution in [0.3, 0.4) is 0 Å². The lowest BCUT2D eigenvalue weighted by atomic mass is 9.92. The molecule has 43 heavy (non-hydrogen) atoms. The van der Waals surface area contributed by atoms with Crippen LogP contribution >= 0.6 is 0 Å². The van der Waals surface area contributed by atoms with Crippen molar-refractivity contribution in [2.45, 2.75) is 43.4 Å². The second kappa shape index (κ2) is 13.0. The quantitative estimate of drug-likeness (QED) is 0.291. The van der Waals surface area contributed by atoms with Crippen LogP contribution in [0, 0.1) is 12.8 Å². The molecule has 0 saturated carbocycles. The summed E-state index contributed by atoms with van der Waals surface area (Å²) in [5.74, 6) is -0.0519. The number of carbonyl (C=O) groups is 1. The predicted octanol–water partition coefficient (Wildman–Crippen LogP) is 3.53. The fourth-order valence-corrected chi connectivity index (χ4v) is 7.13. The lowest BCUT2D eigenvalue weighted by Crippen LogP contribution is -2.35. The van der Waals surface area contributed by atoms with Crippen molar-refractivity contribution < 1.29 is 27.8 Å². The molecule has 4 heterocycles. The summed E-state index contributed by atoms with van der Waals surface area (Å²) in [5, 5.41) is 16.3. The molecule has 5 rings (SSSR count). The molecule has 0 aliphatic carbocycles. The van der Waals surface area contributed by atoms with E-state index in [0.29, 0.717) is 23.3 Å². The van der Waals surface area contributed by atoms with E-state index in [1.165, 1.54) is 44.0 Å². The second-order valence-electron chi connectivity index (χ2n) is 10.9. The van der Waals surface area contributed by atoms with Crippen molar-refractivity contribution in [1.29, 1.82) is 0 Å². The Bertz CT molecular complexity index is 1560. The Morgan fingerprint density at radius 3 is 2.51 bits per heavy atom. The van der Waals surface area contributed by atoms with E-state index < -0.39 is 27.5 Å². The van der Waals surface area contributed by atoms with Crippen molar-refractivity contribution in [3.05, 3.63) is 53.2 Å². The summed E-state index contributed by atoms with van der Waals surface area (Å²) in [6.07, 6.45) is 4.00. The highest BCUT2D eigenvalue weighted by Gasteiger charge is 2.29. The molecule has 0 radical (unpaired) electrons. The molecule has 3 aromatic rings. The van der Waals surface area contributed by atoms with Gasteiger partial charge in [0.05, 0.1) is 30.8 Å². The number of aromatic nitrogens is 3. The molecular formula is C30H38N6O6S. The van der Waals surface area contributed by atoms with Gasteiger partial charge in [-0.15, -0.1) is 0 Å². The van der Waals surface area contributed by atoms with E-state index in [1.807, 2.05) is 6.92 Å². The number of hydrogen-bond acceptors (Lipinski definition) is 11. The molecule has 2 aromatic heterocycles. The Labute approximate surface area is 251 Å². The Morgan fingerprint density at radius 1 is 1.09 bits per heavy atom. The molecule has 1 saturated heterocycles. The van der Waals surface area contributed by atoms with Crippen LogP contribution in [0.4, 0.5) is 17.5 Å². The number of aryl methyl sites for hydroxylation is 1. The molecule has 0 bridgehead atoms. The van der Waals surface area contributed by atoms with Crippen LogP contribution in [0.25, 0.3) is 0 Å². The first-order valence-corrected chi connectivity index (χ1v) is 16.1. The summed E-state index contributed by atoms with van der Waals surface area (Å²) < 4.78 is 36.4. The van der Waals surface area contributed by atoms with Gasteiger partial charge in [-0.25, -0.2) is 13.4 Å². The normalized spacial score (nSPS) is 16.1. The topological polar surface area (TPSA) is 156 Å². The lowest BCUT2D eigenvalue weighted by molar-refractivity contribution is -0.140. The summed E-state index contributed by atoms with van der Waals surface area (Å²) in [6.45, 7) is 4.19. The van der Waals surface area contributed by atoms with Crippen LogP contribution in [0.5, 0.6) is 11.8 Å². The summed E-state index contributed by atoms with van der Waals surface area (Å²) in [4.78, 5) is 28.2. The minimum atomic E-state index is -3.87. The average Bonchev–Trinajstić information content (AvgIpc) is 3.03. The number of pyridine rings is 1. The summed E-state index contributed by atoms with van der Waals surface area (Å²) in [7, 11) is -0.908. The van der Waals surface area contributed by atoms with Crippen LogP contribution < -0.4 is 25.0 Å². The van der Waals surface area contributed by atoms with Crippen molar-refractivity contribution in [2.24, 2.45) is 5.92 Å². The van der Waals surface area contributed by atoms with Crippen LogP contribution in [0.1, 0.15) is 42.0 Å². The minimum Gasteiger partial charge on any atom is -0.497 e. The molecule has 1 aromatic carbocycles. The third kappa shape index (κ3) is 6.93. The van der Waals surface area contributed by atoms with Crippen LogP contribution in [-0.4, -0.2) is 80.6 Å². The van der Waals surface area contributed by atoms with Crippen molar-refractivity contribution in [1.82, 2.24) is 15.0 Å². The van der Waals surface area contributed by atoms with E-state index >= 15 is 0 Å². The van der Waals surface area contributed by atoms with Gasteiger partial charge in [-0.1, -0.05) is 6.07 Å². The molecule has 13 heteroatoms. The zero-order chi connectivity index (χ0) is 30.6. The third-order valence-corrected chi connectivity index (χ3v) is 9.95. The van der Waals surface area contributed by atoms with Crippen LogP contribution in [0.15, 0.2) is 41.3 Å². The smallest absolute Gasteiger partial charge is 0.320 e. The maximum absolute atomic E-state index is 13.0. The number of ether oxygens (including phenoxy) is 2. The fraction of sp³-hybridized carbons (Fsp3) is 0.467. The lowest BCUT2D eigenvalue weighted by Gasteiger charge is -2.34. The van der Waals surface area contributed by atoms with Gasteiger partial charge in [-0.05, 0) is 68.5 Å². The number of carboxylic acid groups (broad SMARTS) is 1. The molecular weight excluding hydrogens is 572 g/mol. The third-order valence-electron chi connectivity index (χ3n) is 8.11. The molecule has 1 fully saturated rings.